The Labute approximate surface area is 140 Å². The maximum absolute atomic E-state index is 12.7. The molecule has 0 aliphatic carbocycles. The van der Waals surface area contributed by atoms with Crippen molar-refractivity contribution in [2.24, 2.45) is 5.73 Å². The molecule has 0 spiro atoms. The smallest absolute Gasteiger partial charge is 0.257 e. The van der Waals surface area contributed by atoms with Gasteiger partial charge in [-0.05, 0) is 43.2 Å². The number of carbonyl (C=O) groups excluding carboxylic acids is 2. The number of likely N-dealkylation sites (tertiary alicyclic amines) is 1. The molecule has 1 aromatic heterocycles. The zero-order valence-electron chi connectivity index (χ0n) is 13.3. The van der Waals surface area contributed by atoms with Crippen LogP contribution in [0.4, 0.5) is 5.69 Å². The quantitative estimate of drug-likeness (QED) is 0.899. The lowest BCUT2D eigenvalue weighted by Gasteiger charge is -2.23. The van der Waals surface area contributed by atoms with Gasteiger partial charge in [-0.2, -0.15) is 0 Å². The van der Waals surface area contributed by atoms with E-state index in [-0.39, 0.29) is 17.9 Å². The van der Waals surface area contributed by atoms with E-state index in [0.717, 1.165) is 19.4 Å². The molecule has 24 heavy (non-hydrogen) atoms. The first kappa shape index (κ1) is 16.1. The van der Waals surface area contributed by atoms with Crippen molar-refractivity contribution >= 4 is 17.5 Å². The van der Waals surface area contributed by atoms with Crippen LogP contribution < -0.4 is 11.1 Å². The highest BCUT2D eigenvalue weighted by atomic mass is 16.2. The molecule has 3 N–H and O–H groups in total. The summed E-state index contributed by atoms with van der Waals surface area (Å²) in [5, 5.41) is 2.79. The van der Waals surface area contributed by atoms with Crippen LogP contribution in [0.25, 0.3) is 0 Å². The number of carbonyl (C=O) groups is 2. The minimum atomic E-state index is -0.256. The molecule has 2 aromatic rings. The van der Waals surface area contributed by atoms with Crippen molar-refractivity contribution in [1.29, 1.82) is 0 Å². The fourth-order valence-electron chi connectivity index (χ4n) is 2.94. The van der Waals surface area contributed by atoms with Gasteiger partial charge in [0.05, 0.1) is 5.56 Å². The van der Waals surface area contributed by atoms with Crippen molar-refractivity contribution in [2.45, 2.75) is 18.9 Å². The normalized spacial score (nSPS) is 16.9. The van der Waals surface area contributed by atoms with E-state index >= 15 is 0 Å². The van der Waals surface area contributed by atoms with Gasteiger partial charge in [0.1, 0.15) is 0 Å². The zero-order valence-corrected chi connectivity index (χ0v) is 13.3. The predicted molar refractivity (Wildman–Crippen MR) is 91.7 cm³/mol. The van der Waals surface area contributed by atoms with Gasteiger partial charge in [-0.3, -0.25) is 14.6 Å². The SMILES string of the molecule is NCC1CCCN1C(=O)c1cccc(NC(=O)c2cccnc2)c1. The van der Waals surface area contributed by atoms with Crippen molar-refractivity contribution in [2.75, 3.05) is 18.4 Å². The summed E-state index contributed by atoms with van der Waals surface area (Å²) in [7, 11) is 0. The van der Waals surface area contributed by atoms with Crippen LogP contribution in [-0.4, -0.2) is 40.8 Å². The maximum atomic E-state index is 12.7. The van der Waals surface area contributed by atoms with Gasteiger partial charge in [0.25, 0.3) is 11.8 Å². The number of aromatic nitrogens is 1. The van der Waals surface area contributed by atoms with Crippen LogP contribution in [0.15, 0.2) is 48.8 Å². The van der Waals surface area contributed by atoms with E-state index < -0.39 is 0 Å². The van der Waals surface area contributed by atoms with E-state index in [9.17, 15) is 9.59 Å². The lowest BCUT2D eigenvalue weighted by Crippen LogP contribution is -2.39. The molecule has 2 heterocycles. The lowest BCUT2D eigenvalue weighted by molar-refractivity contribution is 0.0741. The fraction of sp³-hybridized carbons (Fsp3) is 0.278. The number of pyridine rings is 1. The molecule has 1 aromatic carbocycles. The van der Waals surface area contributed by atoms with Crippen molar-refractivity contribution in [3.05, 3.63) is 59.9 Å². The van der Waals surface area contributed by atoms with Crippen molar-refractivity contribution in [3.8, 4) is 0 Å². The van der Waals surface area contributed by atoms with Gasteiger partial charge < -0.3 is 16.0 Å². The number of rotatable bonds is 4. The number of nitrogens with zero attached hydrogens (tertiary/aromatic N) is 2. The topological polar surface area (TPSA) is 88.3 Å². The number of benzene rings is 1. The van der Waals surface area contributed by atoms with Crippen molar-refractivity contribution < 1.29 is 9.59 Å². The van der Waals surface area contributed by atoms with Gasteiger partial charge in [-0.15, -0.1) is 0 Å². The second-order valence-corrected chi connectivity index (χ2v) is 5.81. The van der Waals surface area contributed by atoms with Gasteiger partial charge in [-0.25, -0.2) is 0 Å². The summed E-state index contributed by atoms with van der Waals surface area (Å²) in [5.74, 6) is -0.297. The molecule has 0 radical (unpaired) electrons. The Balaban J connectivity index is 1.74. The number of hydrogen-bond acceptors (Lipinski definition) is 4. The Kier molecular flexibility index (Phi) is 4.86. The fourth-order valence-corrected chi connectivity index (χ4v) is 2.94. The molecule has 0 bridgehead atoms. The van der Waals surface area contributed by atoms with Crippen LogP contribution in [0.5, 0.6) is 0 Å². The summed E-state index contributed by atoms with van der Waals surface area (Å²) in [6, 6.07) is 10.5. The first-order valence-electron chi connectivity index (χ1n) is 8.01. The van der Waals surface area contributed by atoms with Crippen LogP contribution >= 0.6 is 0 Å². The highest BCUT2D eigenvalue weighted by Crippen LogP contribution is 2.21. The van der Waals surface area contributed by atoms with Crippen molar-refractivity contribution in [3.63, 3.8) is 0 Å². The number of nitrogens with two attached hydrogens (primary N) is 1. The highest BCUT2D eigenvalue weighted by Gasteiger charge is 2.28. The van der Waals surface area contributed by atoms with Gasteiger partial charge in [-0.1, -0.05) is 6.07 Å². The summed E-state index contributed by atoms with van der Waals surface area (Å²) in [6.45, 7) is 1.20. The van der Waals surface area contributed by atoms with Crippen molar-refractivity contribution in [1.82, 2.24) is 9.88 Å². The molecule has 1 aliphatic rings. The van der Waals surface area contributed by atoms with Crippen LogP contribution in [0, 0.1) is 0 Å². The molecule has 124 valence electrons. The Morgan fingerprint density at radius 2 is 2.08 bits per heavy atom. The number of nitrogens with one attached hydrogen (secondary N) is 1. The summed E-state index contributed by atoms with van der Waals surface area (Å²) in [5.41, 5.74) is 7.35. The molecule has 1 aliphatic heterocycles. The summed E-state index contributed by atoms with van der Waals surface area (Å²) >= 11 is 0. The predicted octanol–water partition coefficient (Wildman–Crippen LogP) is 1.90. The molecular formula is C18H20N4O2. The lowest BCUT2D eigenvalue weighted by atomic mass is 10.1. The summed E-state index contributed by atoms with van der Waals surface area (Å²) in [6.07, 6.45) is 5.03. The van der Waals surface area contributed by atoms with Gasteiger partial charge >= 0.3 is 0 Å². The van der Waals surface area contributed by atoms with Gasteiger partial charge in [0, 0.05) is 42.8 Å². The molecule has 1 fully saturated rings. The molecular weight excluding hydrogens is 304 g/mol. The minimum absolute atomic E-state index is 0.0413. The molecule has 3 rings (SSSR count). The highest BCUT2D eigenvalue weighted by molar-refractivity contribution is 6.05. The standard InChI is InChI=1S/C18H20N4O2/c19-11-16-7-3-9-22(16)18(24)13-4-1-6-15(10-13)21-17(23)14-5-2-8-20-12-14/h1-2,4-6,8,10,12,16H,3,7,9,11,19H2,(H,21,23). The summed E-state index contributed by atoms with van der Waals surface area (Å²) in [4.78, 5) is 30.6. The van der Waals surface area contributed by atoms with Gasteiger partial charge in [0.2, 0.25) is 0 Å². The molecule has 0 saturated carbocycles. The maximum Gasteiger partial charge on any atom is 0.257 e. The zero-order chi connectivity index (χ0) is 16.9. The van der Waals surface area contributed by atoms with E-state index in [1.54, 1.807) is 42.6 Å². The first-order valence-corrected chi connectivity index (χ1v) is 8.01. The average molecular weight is 324 g/mol. The van der Waals surface area contributed by atoms with E-state index in [0.29, 0.717) is 23.4 Å². The number of anilines is 1. The Bertz CT molecular complexity index is 733. The van der Waals surface area contributed by atoms with Crippen LogP contribution in [0.1, 0.15) is 33.6 Å². The van der Waals surface area contributed by atoms with Crippen LogP contribution in [0.2, 0.25) is 0 Å². The number of amides is 2. The third-order valence-corrected chi connectivity index (χ3v) is 4.20. The van der Waals surface area contributed by atoms with E-state index in [1.165, 1.54) is 6.20 Å². The van der Waals surface area contributed by atoms with Crippen LogP contribution in [-0.2, 0) is 0 Å². The Hall–Kier alpha value is -2.73. The van der Waals surface area contributed by atoms with Gasteiger partial charge in [0.15, 0.2) is 0 Å². The largest absolute Gasteiger partial charge is 0.334 e. The Morgan fingerprint density at radius 3 is 2.83 bits per heavy atom. The van der Waals surface area contributed by atoms with E-state index in [4.69, 9.17) is 5.73 Å². The minimum Gasteiger partial charge on any atom is -0.334 e. The third kappa shape index (κ3) is 3.44. The second kappa shape index (κ2) is 7.23. The number of hydrogen-bond donors (Lipinski definition) is 2. The third-order valence-electron chi connectivity index (χ3n) is 4.20. The first-order chi connectivity index (χ1) is 11.7. The Morgan fingerprint density at radius 1 is 1.25 bits per heavy atom. The molecule has 6 heteroatoms. The second-order valence-electron chi connectivity index (χ2n) is 5.81. The van der Waals surface area contributed by atoms with Crippen LogP contribution in [0.3, 0.4) is 0 Å². The molecule has 1 unspecified atom stereocenters. The molecule has 1 atom stereocenters. The monoisotopic (exact) mass is 324 g/mol. The van der Waals surface area contributed by atoms with E-state index in [1.807, 2.05) is 4.90 Å². The average Bonchev–Trinajstić information content (AvgIpc) is 3.10. The van der Waals surface area contributed by atoms with E-state index in [2.05, 4.69) is 10.3 Å². The molecule has 2 amide bonds. The summed E-state index contributed by atoms with van der Waals surface area (Å²) < 4.78 is 0. The molecule has 6 nitrogen and oxygen atoms in total. The molecule has 1 saturated heterocycles.